The molecule has 0 bridgehead atoms. The summed E-state index contributed by atoms with van der Waals surface area (Å²) in [5, 5.41) is 14.1. The molecule has 0 radical (unpaired) electrons. The molecule has 2 rings (SSSR count). The van der Waals surface area contributed by atoms with Crippen LogP contribution in [0.4, 0.5) is 17.1 Å². The summed E-state index contributed by atoms with van der Waals surface area (Å²) < 4.78 is 25.1. The Hall–Kier alpha value is -2.45. The van der Waals surface area contributed by atoms with Crippen molar-refractivity contribution in [2.45, 2.75) is 4.90 Å². The molecule has 2 aromatic carbocycles. The molecule has 0 fully saturated rings. The average Bonchev–Trinajstić information content (AvgIpc) is 2.48. The van der Waals surface area contributed by atoms with Crippen molar-refractivity contribution in [2.24, 2.45) is 0 Å². The average molecular weight is 321 g/mol. The third kappa shape index (κ3) is 3.23. The molecule has 0 aliphatic carbocycles. The molecule has 0 unspecified atom stereocenters. The van der Waals surface area contributed by atoms with Crippen LogP contribution in [-0.4, -0.2) is 31.7 Å². The van der Waals surface area contributed by atoms with Gasteiger partial charge in [-0.05, 0) is 24.3 Å². The zero-order valence-electron chi connectivity index (χ0n) is 12.1. The molecule has 0 heterocycles. The summed E-state index contributed by atoms with van der Waals surface area (Å²) in [5.41, 5.74) is 0.606. The SMILES string of the molecule is CN(C)S(=O)(=O)c1ccc(Nc2ccccc2)c([N+](=O)[O-])c1. The lowest BCUT2D eigenvalue weighted by Crippen LogP contribution is -2.22. The molecule has 0 aliphatic rings. The maximum Gasteiger partial charge on any atom is 0.294 e. The van der Waals surface area contributed by atoms with E-state index in [-0.39, 0.29) is 16.3 Å². The first kappa shape index (κ1) is 15.9. The van der Waals surface area contributed by atoms with Crippen molar-refractivity contribution in [3.63, 3.8) is 0 Å². The summed E-state index contributed by atoms with van der Waals surface area (Å²) in [6.45, 7) is 0. The van der Waals surface area contributed by atoms with Gasteiger partial charge in [-0.3, -0.25) is 10.1 Å². The molecule has 8 heteroatoms. The maximum absolute atomic E-state index is 12.1. The largest absolute Gasteiger partial charge is 0.350 e. The predicted molar refractivity (Wildman–Crippen MR) is 83.7 cm³/mol. The molecule has 0 atom stereocenters. The van der Waals surface area contributed by atoms with Gasteiger partial charge < -0.3 is 5.32 Å². The molecule has 22 heavy (non-hydrogen) atoms. The third-order valence-electron chi connectivity index (χ3n) is 3.00. The van der Waals surface area contributed by atoms with Gasteiger partial charge in [-0.1, -0.05) is 18.2 Å². The van der Waals surface area contributed by atoms with Gasteiger partial charge in [0.05, 0.1) is 9.82 Å². The van der Waals surface area contributed by atoms with Crippen molar-refractivity contribution in [3.05, 3.63) is 58.6 Å². The Morgan fingerprint density at radius 1 is 1.09 bits per heavy atom. The number of sulfonamides is 1. The van der Waals surface area contributed by atoms with E-state index in [9.17, 15) is 18.5 Å². The second-order valence-electron chi connectivity index (χ2n) is 4.71. The van der Waals surface area contributed by atoms with E-state index < -0.39 is 14.9 Å². The number of hydrogen-bond donors (Lipinski definition) is 1. The minimum atomic E-state index is -3.72. The summed E-state index contributed by atoms with van der Waals surface area (Å²) in [6.07, 6.45) is 0. The van der Waals surface area contributed by atoms with Crippen LogP contribution in [0.2, 0.25) is 0 Å². The van der Waals surface area contributed by atoms with E-state index in [1.807, 2.05) is 6.07 Å². The topological polar surface area (TPSA) is 92.6 Å². The number of hydrogen-bond acceptors (Lipinski definition) is 5. The van der Waals surface area contributed by atoms with Crippen molar-refractivity contribution in [3.8, 4) is 0 Å². The third-order valence-corrected chi connectivity index (χ3v) is 4.81. The van der Waals surface area contributed by atoms with Gasteiger partial charge in [-0.15, -0.1) is 0 Å². The lowest BCUT2D eigenvalue weighted by atomic mass is 10.2. The number of anilines is 2. The number of nitrogens with one attached hydrogen (secondary N) is 1. The Kier molecular flexibility index (Phi) is 4.43. The summed E-state index contributed by atoms with van der Waals surface area (Å²) >= 11 is 0. The lowest BCUT2D eigenvalue weighted by molar-refractivity contribution is -0.384. The normalized spacial score (nSPS) is 11.4. The predicted octanol–water partition coefficient (Wildman–Crippen LogP) is 2.59. The molecule has 0 saturated heterocycles. The van der Waals surface area contributed by atoms with Gasteiger partial charge in [-0.25, -0.2) is 12.7 Å². The number of nitro benzene ring substituents is 1. The zero-order chi connectivity index (χ0) is 16.3. The molecular formula is C14H15N3O4S. The van der Waals surface area contributed by atoms with Crippen molar-refractivity contribution in [2.75, 3.05) is 19.4 Å². The molecule has 0 spiro atoms. The van der Waals surface area contributed by atoms with E-state index in [1.165, 1.54) is 26.2 Å². The second-order valence-corrected chi connectivity index (χ2v) is 6.87. The van der Waals surface area contributed by atoms with Gasteiger partial charge in [-0.2, -0.15) is 0 Å². The minimum absolute atomic E-state index is 0.122. The number of para-hydroxylation sites is 1. The second kappa shape index (κ2) is 6.12. The molecule has 0 aliphatic heterocycles. The van der Waals surface area contributed by atoms with Crippen LogP contribution >= 0.6 is 0 Å². The van der Waals surface area contributed by atoms with E-state index in [0.29, 0.717) is 5.69 Å². The first-order valence-electron chi connectivity index (χ1n) is 6.35. The smallest absolute Gasteiger partial charge is 0.294 e. The highest BCUT2D eigenvalue weighted by atomic mass is 32.2. The van der Waals surface area contributed by atoms with Crippen molar-refractivity contribution >= 4 is 27.1 Å². The Morgan fingerprint density at radius 3 is 2.27 bits per heavy atom. The molecule has 116 valence electrons. The van der Waals surface area contributed by atoms with E-state index in [0.717, 1.165) is 10.4 Å². The zero-order valence-corrected chi connectivity index (χ0v) is 12.9. The van der Waals surface area contributed by atoms with E-state index >= 15 is 0 Å². The van der Waals surface area contributed by atoms with Crippen LogP contribution in [0.15, 0.2) is 53.4 Å². The van der Waals surface area contributed by atoms with Crippen LogP contribution in [0.5, 0.6) is 0 Å². The van der Waals surface area contributed by atoms with Gasteiger partial charge in [0.25, 0.3) is 5.69 Å². The van der Waals surface area contributed by atoms with Gasteiger partial charge in [0.15, 0.2) is 0 Å². The first-order chi connectivity index (χ1) is 10.3. The Labute approximate surface area is 128 Å². The lowest BCUT2D eigenvalue weighted by Gasteiger charge is -2.12. The van der Waals surface area contributed by atoms with Gasteiger partial charge in [0.2, 0.25) is 10.0 Å². The molecule has 0 saturated carbocycles. The molecule has 0 amide bonds. The fraction of sp³-hybridized carbons (Fsp3) is 0.143. The van der Waals surface area contributed by atoms with E-state index in [1.54, 1.807) is 24.3 Å². The van der Waals surface area contributed by atoms with Crippen LogP contribution in [0, 0.1) is 10.1 Å². The molecule has 0 aromatic heterocycles. The van der Waals surface area contributed by atoms with Crippen LogP contribution in [0.25, 0.3) is 0 Å². The number of rotatable bonds is 5. The summed E-state index contributed by atoms with van der Waals surface area (Å²) in [5.74, 6) is 0. The Bertz CT molecular complexity index is 789. The highest BCUT2D eigenvalue weighted by molar-refractivity contribution is 7.89. The van der Waals surface area contributed by atoms with Gasteiger partial charge in [0, 0.05) is 25.8 Å². The monoisotopic (exact) mass is 321 g/mol. The van der Waals surface area contributed by atoms with Crippen LogP contribution < -0.4 is 5.32 Å². The molecule has 2 aromatic rings. The summed E-state index contributed by atoms with van der Waals surface area (Å²) in [4.78, 5) is 10.5. The van der Waals surface area contributed by atoms with Crippen LogP contribution in [-0.2, 0) is 10.0 Å². The number of nitrogens with zero attached hydrogens (tertiary/aromatic N) is 2. The quantitative estimate of drug-likeness (QED) is 0.675. The number of nitro groups is 1. The fourth-order valence-corrected chi connectivity index (χ4v) is 2.74. The van der Waals surface area contributed by atoms with Crippen LogP contribution in [0.1, 0.15) is 0 Å². The first-order valence-corrected chi connectivity index (χ1v) is 7.79. The highest BCUT2D eigenvalue weighted by Gasteiger charge is 2.23. The highest BCUT2D eigenvalue weighted by Crippen LogP contribution is 2.30. The molecular weight excluding hydrogens is 306 g/mol. The molecule has 1 N–H and O–H groups in total. The minimum Gasteiger partial charge on any atom is -0.350 e. The van der Waals surface area contributed by atoms with E-state index in [2.05, 4.69) is 5.32 Å². The summed E-state index contributed by atoms with van der Waals surface area (Å²) in [6, 6.07) is 12.7. The Morgan fingerprint density at radius 2 is 1.73 bits per heavy atom. The van der Waals surface area contributed by atoms with Gasteiger partial charge >= 0.3 is 0 Å². The standard InChI is InChI=1S/C14H15N3O4S/c1-16(2)22(20,21)12-8-9-13(14(10-12)17(18)19)15-11-6-4-3-5-7-11/h3-10,15H,1-2H3. The summed E-state index contributed by atoms with van der Waals surface area (Å²) in [7, 11) is -0.977. The number of benzene rings is 2. The van der Waals surface area contributed by atoms with Crippen LogP contribution in [0.3, 0.4) is 0 Å². The van der Waals surface area contributed by atoms with Crippen molar-refractivity contribution in [1.29, 1.82) is 0 Å². The molecule has 7 nitrogen and oxygen atoms in total. The maximum atomic E-state index is 12.1. The van der Waals surface area contributed by atoms with Gasteiger partial charge in [0.1, 0.15) is 5.69 Å². The van der Waals surface area contributed by atoms with Crippen molar-refractivity contribution in [1.82, 2.24) is 4.31 Å². The van der Waals surface area contributed by atoms with Crippen molar-refractivity contribution < 1.29 is 13.3 Å². The van der Waals surface area contributed by atoms with E-state index in [4.69, 9.17) is 0 Å². The fourth-order valence-electron chi connectivity index (χ4n) is 1.82. The Balaban J connectivity index is 2.47.